The topological polar surface area (TPSA) is 88.3 Å². The van der Waals surface area contributed by atoms with E-state index in [-0.39, 0.29) is 36.4 Å². The van der Waals surface area contributed by atoms with E-state index in [1.165, 1.54) is 18.2 Å². The minimum absolute atomic E-state index is 0.0241. The molecule has 0 radical (unpaired) electrons. The summed E-state index contributed by atoms with van der Waals surface area (Å²) in [5.74, 6) is -11.0. The molecule has 178 valence electrons. The van der Waals surface area contributed by atoms with Crippen molar-refractivity contribution in [3.05, 3.63) is 35.2 Å². The highest BCUT2D eigenvalue weighted by Gasteiger charge is 2.53. The maximum absolute atomic E-state index is 14.6. The molecule has 1 fully saturated rings. The molecule has 2 aliphatic rings. The van der Waals surface area contributed by atoms with Crippen molar-refractivity contribution in [1.82, 2.24) is 20.4 Å². The minimum atomic E-state index is -3.87. The number of benzene rings is 1. The van der Waals surface area contributed by atoms with E-state index < -0.39 is 54.5 Å². The van der Waals surface area contributed by atoms with Gasteiger partial charge in [0.05, 0.1) is 6.04 Å². The number of hydrogen-bond donors (Lipinski definition) is 1. The molecule has 2 atom stereocenters. The van der Waals surface area contributed by atoms with Crippen molar-refractivity contribution in [3.8, 4) is 11.5 Å². The maximum atomic E-state index is 14.6. The number of nitrogens with one attached hydrogen (secondary N) is 1. The number of rotatable bonds is 5. The SMILES string of the molecule is CC(F)(F)C(=O)N[C@@H]1[C@H](N2Cc3ccc(-c4nnc(C(F)F)o4)cc3C2=O)CCCC1(F)F. The summed E-state index contributed by atoms with van der Waals surface area (Å²) in [6, 6.07) is 1.04. The van der Waals surface area contributed by atoms with Crippen molar-refractivity contribution in [2.75, 3.05) is 0 Å². The second-order valence-corrected chi connectivity index (χ2v) is 8.11. The lowest BCUT2D eigenvalue weighted by atomic mass is 9.85. The predicted molar refractivity (Wildman–Crippen MR) is 99.7 cm³/mol. The monoisotopic (exact) mass is 476 g/mol. The molecule has 1 aromatic carbocycles. The van der Waals surface area contributed by atoms with Gasteiger partial charge in [-0.25, -0.2) is 8.78 Å². The summed E-state index contributed by atoms with van der Waals surface area (Å²) in [5, 5.41) is 8.47. The van der Waals surface area contributed by atoms with Crippen molar-refractivity contribution in [3.63, 3.8) is 0 Å². The van der Waals surface area contributed by atoms with Crippen LogP contribution in [0.1, 0.15) is 54.4 Å². The zero-order valence-electron chi connectivity index (χ0n) is 17.1. The van der Waals surface area contributed by atoms with Gasteiger partial charge in [0.2, 0.25) is 5.89 Å². The molecule has 4 rings (SSSR count). The molecule has 0 bridgehead atoms. The second-order valence-electron chi connectivity index (χ2n) is 8.11. The molecule has 2 aromatic rings. The summed E-state index contributed by atoms with van der Waals surface area (Å²) in [5.41, 5.74) is 0.731. The van der Waals surface area contributed by atoms with Gasteiger partial charge in [0.25, 0.3) is 23.6 Å². The number of fused-ring (bicyclic) bond motifs is 1. The van der Waals surface area contributed by atoms with E-state index in [9.17, 15) is 35.9 Å². The molecular weight excluding hydrogens is 458 g/mol. The Morgan fingerprint density at radius 3 is 2.67 bits per heavy atom. The van der Waals surface area contributed by atoms with E-state index in [2.05, 4.69) is 10.2 Å². The Labute approximate surface area is 183 Å². The van der Waals surface area contributed by atoms with Gasteiger partial charge in [0, 0.05) is 31.0 Å². The maximum Gasteiger partial charge on any atom is 0.321 e. The van der Waals surface area contributed by atoms with E-state index in [1.54, 1.807) is 5.32 Å². The largest absolute Gasteiger partial charge is 0.415 e. The molecule has 0 spiro atoms. The zero-order chi connectivity index (χ0) is 24.1. The van der Waals surface area contributed by atoms with E-state index in [4.69, 9.17) is 4.42 Å². The molecule has 0 unspecified atom stereocenters. The van der Waals surface area contributed by atoms with Crippen LogP contribution in [0, 0.1) is 0 Å². The van der Waals surface area contributed by atoms with Crippen molar-refractivity contribution < 1.29 is 40.3 Å². The normalized spacial score (nSPS) is 22.5. The molecule has 33 heavy (non-hydrogen) atoms. The molecule has 1 aliphatic carbocycles. The quantitative estimate of drug-likeness (QED) is 0.661. The molecule has 13 heteroatoms. The van der Waals surface area contributed by atoms with Crippen LogP contribution in [0.15, 0.2) is 22.6 Å². The van der Waals surface area contributed by atoms with Gasteiger partial charge in [-0.05, 0) is 30.5 Å². The number of carbonyl (C=O) groups is 2. The predicted octanol–water partition coefficient (Wildman–Crippen LogP) is 3.96. The van der Waals surface area contributed by atoms with Gasteiger partial charge >= 0.3 is 12.3 Å². The average molecular weight is 476 g/mol. The van der Waals surface area contributed by atoms with Crippen LogP contribution < -0.4 is 5.32 Å². The lowest BCUT2D eigenvalue weighted by Gasteiger charge is -2.42. The number of nitrogens with zero attached hydrogens (tertiary/aromatic N) is 3. The standard InChI is InChI=1S/C20H18F6N4O3/c1-19(23,24)18(32)27-13-12(3-2-6-20(13,25)26)30-8-10-5-4-9(7-11(10)17(30)31)15-28-29-16(33-15)14(21)22/h4-5,7,12-14H,2-3,6,8H2,1H3,(H,27,32)/t12-,13-/m1/s1. The lowest BCUT2D eigenvalue weighted by molar-refractivity contribution is -0.151. The molecule has 2 amide bonds. The molecule has 1 saturated carbocycles. The number of amides is 2. The van der Waals surface area contributed by atoms with Gasteiger partial charge in [0.15, 0.2) is 0 Å². The third-order valence-electron chi connectivity index (χ3n) is 5.75. The summed E-state index contributed by atoms with van der Waals surface area (Å²) in [6.45, 7) is 0.212. The highest BCUT2D eigenvalue weighted by atomic mass is 19.3. The fourth-order valence-corrected chi connectivity index (χ4v) is 4.12. The molecule has 1 N–H and O–H groups in total. The molecule has 0 saturated heterocycles. The first kappa shape index (κ1) is 23.1. The summed E-state index contributed by atoms with van der Waals surface area (Å²) >= 11 is 0. The summed E-state index contributed by atoms with van der Waals surface area (Å²) in [6.07, 6.45) is -3.50. The van der Waals surface area contributed by atoms with Crippen molar-refractivity contribution in [2.24, 2.45) is 0 Å². The summed E-state index contributed by atoms with van der Waals surface area (Å²) < 4.78 is 86.3. The first-order valence-electron chi connectivity index (χ1n) is 10.0. The molecule has 1 aliphatic heterocycles. The number of alkyl halides is 6. The molecule has 2 heterocycles. The Hall–Kier alpha value is -3.12. The Morgan fingerprint density at radius 2 is 2.03 bits per heavy atom. The zero-order valence-corrected chi connectivity index (χ0v) is 17.1. The van der Waals surface area contributed by atoms with Gasteiger partial charge in [-0.2, -0.15) is 17.6 Å². The first-order valence-corrected chi connectivity index (χ1v) is 10.0. The van der Waals surface area contributed by atoms with Gasteiger partial charge < -0.3 is 14.6 Å². The number of halogens is 6. The second kappa shape index (κ2) is 8.03. The first-order chi connectivity index (χ1) is 15.4. The Balaban J connectivity index is 1.61. The molecular formula is C20H18F6N4O3. The van der Waals surface area contributed by atoms with Crippen LogP contribution in [0.3, 0.4) is 0 Å². The summed E-state index contributed by atoms with van der Waals surface area (Å²) in [4.78, 5) is 25.9. The molecule has 1 aromatic heterocycles. The van der Waals surface area contributed by atoms with E-state index in [1.807, 2.05) is 0 Å². The fourth-order valence-electron chi connectivity index (χ4n) is 4.12. The highest BCUT2D eigenvalue weighted by molar-refractivity contribution is 5.99. The van der Waals surface area contributed by atoms with Crippen LogP contribution in [0.2, 0.25) is 0 Å². The van der Waals surface area contributed by atoms with Gasteiger partial charge in [-0.15, -0.1) is 10.2 Å². The Kier molecular flexibility index (Phi) is 5.61. The van der Waals surface area contributed by atoms with Crippen LogP contribution in [0.25, 0.3) is 11.5 Å². The van der Waals surface area contributed by atoms with Gasteiger partial charge in [-0.3, -0.25) is 9.59 Å². The van der Waals surface area contributed by atoms with Crippen LogP contribution in [-0.2, 0) is 11.3 Å². The van der Waals surface area contributed by atoms with Crippen molar-refractivity contribution >= 4 is 11.8 Å². The van der Waals surface area contributed by atoms with Crippen LogP contribution in [0.5, 0.6) is 0 Å². The lowest BCUT2D eigenvalue weighted by Crippen LogP contribution is -2.63. The smallest absolute Gasteiger partial charge is 0.321 e. The van der Waals surface area contributed by atoms with Gasteiger partial charge in [0.1, 0.15) is 6.04 Å². The van der Waals surface area contributed by atoms with E-state index in [0.29, 0.717) is 12.5 Å². The number of carbonyl (C=O) groups excluding carboxylic acids is 2. The fraction of sp³-hybridized carbons (Fsp3) is 0.500. The molecule has 7 nitrogen and oxygen atoms in total. The summed E-state index contributed by atoms with van der Waals surface area (Å²) in [7, 11) is 0. The number of hydrogen-bond acceptors (Lipinski definition) is 5. The minimum Gasteiger partial charge on any atom is -0.415 e. The third kappa shape index (κ3) is 4.27. The number of aromatic nitrogens is 2. The van der Waals surface area contributed by atoms with Crippen LogP contribution in [-0.4, -0.2) is 50.8 Å². The highest BCUT2D eigenvalue weighted by Crippen LogP contribution is 2.40. The van der Waals surface area contributed by atoms with Crippen LogP contribution in [0.4, 0.5) is 26.3 Å². The van der Waals surface area contributed by atoms with Crippen LogP contribution >= 0.6 is 0 Å². The van der Waals surface area contributed by atoms with E-state index >= 15 is 0 Å². The van der Waals surface area contributed by atoms with Gasteiger partial charge in [-0.1, -0.05) is 6.07 Å². The third-order valence-corrected chi connectivity index (χ3v) is 5.75. The van der Waals surface area contributed by atoms with E-state index in [0.717, 1.165) is 4.90 Å². The van der Waals surface area contributed by atoms with Crippen molar-refractivity contribution in [1.29, 1.82) is 0 Å². The van der Waals surface area contributed by atoms with Crippen molar-refractivity contribution in [2.45, 2.75) is 63.1 Å². The Bertz CT molecular complexity index is 1080. The Morgan fingerprint density at radius 1 is 1.30 bits per heavy atom. The average Bonchev–Trinajstić information content (AvgIpc) is 3.34.